The molecule has 1 heterocycles. The van der Waals surface area contributed by atoms with Crippen LogP contribution in [0.15, 0.2) is 65.6 Å². The summed E-state index contributed by atoms with van der Waals surface area (Å²) in [4.78, 5) is 12.5. The van der Waals surface area contributed by atoms with E-state index in [0.717, 1.165) is 28.4 Å². The van der Waals surface area contributed by atoms with E-state index in [1.807, 2.05) is 30.3 Å². The molecule has 0 fully saturated rings. The maximum absolute atomic E-state index is 13.1. The van der Waals surface area contributed by atoms with E-state index in [0.29, 0.717) is 30.0 Å². The van der Waals surface area contributed by atoms with Gasteiger partial charge in [0.2, 0.25) is 0 Å². The average Bonchev–Trinajstić information content (AvgIpc) is 3.12. The van der Waals surface area contributed by atoms with Crippen molar-refractivity contribution in [1.29, 1.82) is 0 Å². The van der Waals surface area contributed by atoms with E-state index in [4.69, 9.17) is 4.74 Å². The van der Waals surface area contributed by atoms with Gasteiger partial charge in [0.15, 0.2) is 0 Å². The van der Waals surface area contributed by atoms with Crippen LogP contribution in [-0.4, -0.2) is 39.2 Å². The first-order valence-corrected chi connectivity index (χ1v) is 12.3. The molecule has 1 aromatic heterocycles. The quantitative estimate of drug-likeness (QED) is 0.380. The first-order chi connectivity index (χ1) is 15.9. The lowest BCUT2D eigenvalue weighted by atomic mass is 10.1. The fourth-order valence-corrected chi connectivity index (χ4v) is 5.12. The van der Waals surface area contributed by atoms with Crippen molar-refractivity contribution in [1.82, 2.24) is 9.88 Å². The predicted octanol–water partition coefficient (Wildman–Crippen LogP) is 4.30. The Morgan fingerprint density at radius 1 is 1.00 bits per heavy atom. The van der Waals surface area contributed by atoms with Gasteiger partial charge in [-0.2, -0.15) is 0 Å². The molecule has 0 atom stereocenters. The third-order valence-corrected chi connectivity index (χ3v) is 7.08. The number of fused-ring (bicyclic) bond motifs is 3. The molecule has 0 saturated carbocycles. The Hall–Kier alpha value is -3.36. The Kier molecular flexibility index (Phi) is 6.40. The van der Waals surface area contributed by atoms with Gasteiger partial charge in [-0.25, -0.2) is 8.42 Å². The zero-order chi connectivity index (χ0) is 23.6. The first-order valence-electron chi connectivity index (χ1n) is 10.8. The number of amides is 1. The topological polar surface area (TPSA) is 89.4 Å². The summed E-state index contributed by atoms with van der Waals surface area (Å²) < 4.78 is 36.1. The number of para-hydroxylation sites is 1. The van der Waals surface area contributed by atoms with Crippen LogP contribution in [0, 0.1) is 6.92 Å². The number of benzene rings is 3. The van der Waals surface area contributed by atoms with Crippen LogP contribution in [0.5, 0.6) is 0 Å². The maximum Gasteiger partial charge on any atom is 0.261 e. The van der Waals surface area contributed by atoms with E-state index in [9.17, 15) is 13.2 Å². The molecular formula is C25H27N3O4S. The zero-order valence-electron chi connectivity index (χ0n) is 18.9. The highest BCUT2D eigenvalue weighted by atomic mass is 32.2. The van der Waals surface area contributed by atoms with E-state index in [-0.39, 0.29) is 10.8 Å². The van der Waals surface area contributed by atoms with E-state index >= 15 is 0 Å². The largest absolute Gasteiger partial charge is 0.383 e. The number of anilines is 1. The number of sulfonamides is 1. The number of carbonyl (C=O) groups excluding carboxylic acids is 1. The van der Waals surface area contributed by atoms with Crippen LogP contribution in [0.2, 0.25) is 0 Å². The number of hydrogen-bond donors (Lipinski definition) is 2. The number of aromatic nitrogens is 1. The summed E-state index contributed by atoms with van der Waals surface area (Å²) in [6.07, 6.45) is 0. The number of ether oxygens (including phenoxy) is 1. The van der Waals surface area contributed by atoms with Gasteiger partial charge in [-0.1, -0.05) is 24.3 Å². The molecule has 1 amide bonds. The highest BCUT2D eigenvalue weighted by Gasteiger charge is 2.19. The van der Waals surface area contributed by atoms with Crippen LogP contribution in [0.4, 0.5) is 5.69 Å². The Labute approximate surface area is 193 Å². The monoisotopic (exact) mass is 465 g/mol. The minimum absolute atomic E-state index is 0.0288. The Bertz CT molecular complexity index is 1440. The molecular weight excluding hydrogens is 438 g/mol. The van der Waals surface area contributed by atoms with E-state index in [1.165, 1.54) is 12.1 Å². The standard InChI is InChI=1S/C25H27N3O4S/c1-4-28-23-8-6-5-7-20(23)22-15-18(10-12-24(22)28)27-33(30,31)19-11-9-17(2)21(16-19)25(29)26-13-14-32-3/h5-12,15-16,27H,4,13-14H2,1-3H3,(H,26,29). The fourth-order valence-electron chi connectivity index (χ4n) is 4.05. The number of hydrogen-bond acceptors (Lipinski definition) is 4. The first kappa shape index (κ1) is 22.8. The van der Waals surface area contributed by atoms with Gasteiger partial charge < -0.3 is 14.6 Å². The van der Waals surface area contributed by atoms with Gasteiger partial charge in [-0.15, -0.1) is 0 Å². The molecule has 4 aromatic rings. The normalized spacial score (nSPS) is 11.7. The van der Waals surface area contributed by atoms with E-state index < -0.39 is 10.0 Å². The summed E-state index contributed by atoms with van der Waals surface area (Å²) in [5.74, 6) is -0.338. The molecule has 0 aliphatic carbocycles. The molecule has 0 radical (unpaired) electrons. The van der Waals surface area contributed by atoms with Gasteiger partial charge in [0.05, 0.1) is 11.5 Å². The molecule has 0 aliphatic heterocycles. The van der Waals surface area contributed by atoms with Crippen LogP contribution in [0.25, 0.3) is 21.8 Å². The van der Waals surface area contributed by atoms with Crippen LogP contribution in [0.3, 0.4) is 0 Å². The highest BCUT2D eigenvalue weighted by Crippen LogP contribution is 2.31. The third-order valence-electron chi connectivity index (χ3n) is 5.70. The number of aryl methyl sites for hydroxylation is 2. The molecule has 33 heavy (non-hydrogen) atoms. The predicted molar refractivity (Wildman–Crippen MR) is 131 cm³/mol. The van der Waals surface area contributed by atoms with E-state index in [2.05, 4.69) is 27.6 Å². The van der Waals surface area contributed by atoms with Crippen molar-refractivity contribution in [2.24, 2.45) is 0 Å². The van der Waals surface area contributed by atoms with Gasteiger partial charge in [0.1, 0.15) is 0 Å². The molecule has 0 aliphatic rings. The van der Waals surface area contributed by atoms with Crippen LogP contribution in [-0.2, 0) is 21.3 Å². The van der Waals surface area contributed by atoms with Gasteiger partial charge in [0.25, 0.3) is 15.9 Å². The smallest absolute Gasteiger partial charge is 0.261 e. The number of nitrogens with one attached hydrogen (secondary N) is 2. The van der Waals surface area contributed by atoms with Crippen molar-refractivity contribution >= 4 is 43.4 Å². The minimum atomic E-state index is -3.89. The molecule has 0 spiro atoms. The molecule has 0 bridgehead atoms. The zero-order valence-corrected chi connectivity index (χ0v) is 19.7. The maximum atomic E-state index is 13.1. The van der Waals surface area contributed by atoms with Crippen LogP contribution in [0.1, 0.15) is 22.8 Å². The summed E-state index contributed by atoms with van der Waals surface area (Å²) in [6.45, 7) is 5.39. The summed E-state index contributed by atoms with van der Waals surface area (Å²) in [6, 6.07) is 18.2. The van der Waals surface area contributed by atoms with Crippen molar-refractivity contribution in [3.05, 3.63) is 71.8 Å². The second-order valence-corrected chi connectivity index (χ2v) is 9.51. The van der Waals surface area contributed by atoms with Crippen molar-refractivity contribution < 1.29 is 17.9 Å². The molecule has 172 valence electrons. The van der Waals surface area contributed by atoms with Gasteiger partial charge >= 0.3 is 0 Å². The van der Waals surface area contributed by atoms with Crippen LogP contribution >= 0.6 is 0 Å². The molecule has 8 heteroatoms. The number of methoxy groups -OCH3 is 1. The Morgan fingerprint density at radius 3 is 2.52 bits per heavy atom. The number of rotatable bonds is 8. The minimum Gasteiger partial charge on any atom is -0.383 e. The molecule has 2 N–H and O–H groups in total. The van der Waals surface area contributed by atoms with Crippen molar-refractivity contribution in [3.63, 3.8) is 0 Å². The van der Waals surface area contributed by atoms with Crippen molar-refractivity contribution in [2.75, 3.05) is 25.0 Å². The van der Waals surface area contributed by atoms with Crippen molar-refractivity contribution in [2.45, 2.75) is 25.3 Å². The third kappa shape index (κ3) is 4.44. The van der Waals surface area contributed by atoms with Gasteiger partial charge in [0, 0.05) is 53.3 Å². The average molecular weight is 466 g/mol. The molecule has 4 rings (SSSR count). The fraction of sp³-hybridized carbons (Fsp3) is 0.240. The second-order valence-electron chi connectivity index (χ2n) is 7.82. The Morgan fingerprint density at radius 2 is 1.76 bits per heavy atom. The molecule has 3 aromatic carbocycles. The number of nitrogens with zero attached hydrogens (tertiary/aromatic N) is 1. The van der Waals surface area contributed by atoms with Crippen LogP contribution < -0.4 is 10.0 Å². The Balaban J connectivity index is 1.67. The van der Waals surface area contributed by atoms with E-state index in [1.54, 1.807) is 26.2 Å². The second kappa shape index (κ2) is 9.25. The van der Waals surface area contributed by atoms with Crippen molar-refractivity contribution in [3.8, 4) is 0 Å². The molecule has 0 unspecified atom stereocenters. The summed E-state index contributed by atoms with van der Waals surface area (Å²) in [7, 11) is -2.34. The summed E-state index contributed by atoms with van der Waals surface area (Å²) in [5.41, 5.74) is 3.63. The lowest BCUT2D eigenvalue weighted by Gasteiger charge is -2.12. The summed E-state index contributed by atoms with van der Waals surface area (Å²) >= 11 is 0. The number of carbonyl (C=O) groups is 1. The summed E-state index contributed by atoms with van der Waals surface area (Å²) in [5, 5.41) is 4.78. The SMILES string of the molecule is CCn1c2ccccc2c2cc(NS(=O)(=O)c3ccc(C)c(C(=O)NCCOC)c3)ccc21. The highest BCUT2D eigenvalue weighted by molar-refractivity contribution is 7.92. The molecule has 0 saturated heterocycles. The lowest BCUT2D eigenvalue weighted by Crippen LogP contribution is -2.28. The van der Waals surface area contributed by atoms with Gasteiger partial charge in [-0.05, 0) is 55.8 Å². The van der Waals surface area contributed by atoms with Gasteiger partial charge in [-0.3, -0.25) is 9.52 Å². The lowest BCUT2D eigenvalue weighted by molar-refractivity contribution is 0.0936. The molecule has 7 nitrogen and oxygen atoms in total.